The van der Waals surface area contributed by atoms with Gasteiger partial charge in [0.15, 0.2) is 0 Å². The molecule has 0 atom stereocenters. The highest BCUT2D eigenvalue weighted by atomic mass is 19.1. The summed E-state index contributed by atoms with van der Waals surface area (Å²) in [5.41, 5.74) is 4.24. The fourth-order valence-electron chi connectivity index (χ4n) is 1.77. The molecule has 2 aromatic rings. The predicted molar refractivity (Wildman–Crippen MR) is 73.1 cm³/mol. The first-order valence-electron chi connectivity index (χ1n) is 5.86. The number of benzene rings is 1. The van der Waals surface area contributed by atoms with E-state index in [0.717, 1.165) is 11.4 Å². The maximum absolute atomic E-state index is 12.9. The summed E-state index contributed by atoms with van der Waals surface area (Å²) in [6, 6.07) is 8.05. The van der Waals surface area contributed by atoms with E-state index < -0.39 is 0 Å². The zero-order valence-corrected chi connectivity index (χ0v) is 10.9. The van der Waals surface area contributed by atoms with E-state index in [4.69, 9.17) is 5.84 Å². The van der Waals surface area contributed by atoms with Crippen LogP contribution in [-0.4, -0.2) is 17.0 Å². The van der Waals surface area contributed by atoms with E-state index in [2.05, 4.69) is 15.4 Å². The number of nitrogen functional groups attached to an aromatic ring is 1. The molecule has 0 spiro atoms. The number of aryl methyl sites for hydroxylation is 1. The van der Waals surface area contributed by atoms with Crippen LogP contribution in [0.25, 0.3) is 0 Å². The number of halogens is 1. The highest BCUT2D eigenvalue weighted by Gasteiger charge is 2.06. The molecule has 1 heterocycles. The highest BCUT2D eigenvalue weighted by Crippen LogP contribution is 2.15. The number of nitrogens with one attached hydrogen (secondary N) is 1. The van der Waals surface area contributed by atoms with E-state index >= 15 is 0 Å². The average Bonchev–Trinajstić information content (AvgIpc) is 2.38. The summed E-state index contributed by atoms with van der Waals surface area (Å²) in [6.45, 7) is 2.39. The number of hydrogen-bond donors (Lipinski definition) is 2. The summed E-state index contributed by atoms with van der Waals surface area (Å²) < 4.78 is 12.9. The summed E-state index contributed by atoms with van der Waals surface area (Å²) in [5, 5.41) is 0. The molecule has 2 rings (SSSR count). The minimum Gasteiger partial charge on any atom is -0.367 e. The molecule has 0 saturated heterocycles. The zero-order chi connectivity index (χ0) is 13.8. The molecule has 0 unspecified atom stereocenters. The topological polar surface area (TPSA) is 67.1 Å². The van der Waals surface area contributed by atoms with Crippen molar-refractivity contribution >= 4 is 11.5 Å². The number of nitrogens with two attached hydrogens (primary N) is 1. The van der Waals surface area contributed by atoms with Crippen LogP contribution in [0.1, 0.15) is 11.5 Å². The Morgan fingerprint density at radius 2 is 1.95 bits per heavy atom. The lowest BCUT2D eigenvalue weighted by molar-refractivity contribution is 0.627. The van der Waals surface area contributed by atoms with Gasteiger partial charge in [0, 0.05) is 24.5 Å². The minimum absolute atomic E-state index is 0.251. The van der Waals surface area contributed by atoms with E-state index in [9.17, 15) is 4.39 Å². The molecule has 0 fully saturated rings. The minimum atomic E-state index is -0.251. The Balaban J connectivity index is 2.16. The van der Waals surface area contributed by atoms with Crippen LogP contribution in [0.15, 0.2) is 30.3 Å². The fraction of sp³-hybridized carbons (Fsp3) is 0.231. The molecule has 19 heavy (non-hydrogen) atoms. The second-order valence-electron chi connectivity index (χ2n) is 4.29. The molecule has 0 aliphatic rings. The molecule has 1 aromatic carbocycles. The van der Waals surface area contributed by atoms with Gasteiger partial charge < -0.3 is 10.3 Å². The molecule has 5 nitrogen and oxygen atoms in total. The Kier molecular flexibility index (Phi) is 3.91. The summed E-state index contributed by atoms with van der Waals surface area (Å²) in [7, 11) is 1.90. The third-order valence-electron chi connectivity index (χ3n) is 2.69. The van der Waals surface area contributed by atoms with Gasteiger partial charge in [-0.1, -0.05) is 0 Å². The third-order valence-corrected chi connectivity index (χ3v) is 2.69. The van der Waals surface area contributed by atoms with E-state index in [-0.39, 0.29) is 5.82 Å². The molecule has 0 bridgehead atoms. The Morgan fingerprint density at radius 1 is 1.26 bits per heavy atom. The van der Waals surface area contributed by atoms with E-state index in [1.54, 1.807) is 18.2 Å². The predicted octanol–water partition coefficient (Wildman–Crippen LogP) is 1.85. The van der Waals surface area contributed by atoms with Crippen LogP contribution in [0.3, 0.4) is 0 Å². The van der Waals surface area contributed by atoms with Gasteiger partial charge in [0.2, 0.25) is 0 Å². The average molecular weight is 261 g/mol. The maximum Gasteiger partial charge on any atom is 0.150 e. The summed E-state index contributed by atoms with van der Waals surface area (Å²) in [6.07, 6.45) is 0. The van der Waals surface area contributed by atoms with Crippen molar-refractivity contribution in [1.29, 1.82) is 0 Å². The molecule has 6 heteroatoms. The van der Waals surface area contributed by atoms with Crippen molar-refractivity contribution < 1.29 is 4.39 Å². The molecule has 1 aromatic heterocycles. The third kappa shape index (κ3) is 3.38. The number of hydrazine groups is 1. The fourth-order valence-corrected chi connectivity index (χ4v) is 1.77. The van der Waals surface area contributed by atoms with Gasteiger partial charge in [0.05, 0.1) is 6.54 Å². The summed E-state index contributed by atoms with van der Waals surface area (Å²) in [5.74, 6) is 6.33. The van der Waals surface area contributed by atoms with Crippen LogP contribution in [0.2, 0.25) is 0 Å². The molecule has 0 aliphatic heterocycles. The van der Waals surface area contributed by atoms with Crippen molar-refractivity contribution in [1.82, 2.24) is 9.97 Å². The van der Waals surface area contributed by atoms with Gasteiger partial charge in [0.1, 0.15) is 17.5 Å². The number of rotatable bonds is 4. The van der Waals surface area contributed by atoms with Gasteiger partial charge in [-0.05, 0) is 31.2 Å². The number of hydrogen-bond acceptors (Lipinski definition) is 5. The summed E-state index contributed by atoms with van der Waals surface area (Å²) >= 11 is 0. The van der Waals surface area contributed by atoms with Crippen molar-refractivity contribution in [2.75, 3.05) is 17.4 Å². The quantitative estimate of drug-likeness (QED) is 0.649. The molecule has 0 radical (unpaired) electrons. The largest absolute Gasteiger partial charge is 0.367 e. The van der Waals surface area contributed by atoms with Gasteiger partial charge in [-0.2, -0.15) is 0 Å². The normalized spacial score (nSPS) is 10.3. The van der Waals surface area contributed by atoms with E-state index in [1.165, 1.54) is 12.1 Å². The second kappa shape index (κ2) is 5.62. The maximum atomic E-state index is 12.9. The zero-order valence-electron chi connectivity index (χ0n) is 10.9. The Hall–Kier alpha value is -2.21. The Morgan fingerprint density at radius 3 is 2.58 bits per heavy atom. The molecule has 0 aliphatic carbocycles. The highest BCUT2D eigenvalue weighted by molar-refractivity contribution is 5.45. The molecular formula is C13H16FN5. The molecular weight excluding hydrogens is 245 g/mol. The summed E-state index contributed by atoms with van der Waals surface area (Å²) in [4.78, 5) is 10.6. The lowest BCUT2D eigenvalue weighted by Crippen LogP contribution is -2.19. The number of aromatic nitrogens is 2. The smallest absolute Gasteiger partial charge is 0.150 e. The van der Waals surface area contributed by atoms with Gasteiger partial charge in [-0.25, -0.2) is 20.2 Å². The van der Waals surface area contributed by atoms with Gasteiger partial charge in [0.25, 0.3) is 0 Å². The van der Waals surface area contributed by atoms with Gasteiger partial charge in [-0.15, -0.1) is 0 Å². The Bertz CT molecular complexity index is 555. The van der Waals surface area contributed by atoms with Crippen LogP contribution < -0.4 is 16.2 Å². The first kappa shape index (κ1) is 13.2. The van der Waals surface area contributed by atoms with Crippen molar-refractivity contribution in [3.8, 4) is 0 Å². The van der Waals surface area contributed by atoms with Crippen molar-refractivity contribution in [2.24, 2.45) is 5.84 Å². The van der Waals surface area contributed by atoms with Gasteiger partial charge >= 0.3 is 0 Å². The first-order chi connectivity index (χ1) is 9.08. The van der Waals surface area contributed by atoms with Crippen LogP contribution in [0.4, 0.5) is 15.9 Å². The van der Waals surface area contributed by atoms with Gasteiger partial charge in [-0.3, -0.25) is 0 Å². The SMILES string of the molecule is Cc1cc(NN)nc(CN(C)c2ccc(F)cc2)n1. The second-order valence-corrected chi connectivity index (χ2v) is 4.29. The van der Waals surface area contributed by atoms with E-state index in [0.29, 0.717) is 18.2 Å². The number of nitrogens with zero attached hydrogens (tertiary/aromatic N) is 3. The molecule has 100 valence electrons. The van der Waals surface area contributed by atoms with E-state index in [1.807, 2.05) is 18.9 Å². The van der Waals surface area contributed by atoms with Crippen LogP contribution in [0.5, 0.6) is 0 Å². The van der Waals surface area contributed by atoms with Crippen molar-refractivity contribution in [3.63, 3.8) is 0 Å². The monoisotopic (exact) mass is 261 g/mol. The van der Waals surface area contributed by atoms with Crippen molar-refractivity contribution in [3.05, 3.63) is 47.7 Å². The van der Waals surface area contributed by atoms with Crippen LogP contribution in [0, 0.1) is 12.7 Å². The molecule has 0 amide bonds. The number of anilines is 2. The molecule has 3 N–H and O–H groups in total. The van der Waals surface area contributed by atoms with Crippen LogP contribution >= 0.6 is 0 Å². The Labute approximate surface area is 111 Å². The molecule has 0 saturated carbocycles. The lowest BCUT2D eigenvalue weighted by Gasteiger charge is -2.18. The first-order valence-corrected chi connectivity index (χ1v) is 5.86. The van der Waals surface area contributed by atoms with Crippen molar-refractivity contribution in [2.45, 2.75) is 13.5 Å². The van der Waals surface area contributed by atoms with Crippen LogP contribution in [-0.2, 0) is 6.54 Å². The lowest BCUT2D eigenvalue weighted by atomic mass is 10.3. The standard InChI is InChI=1S/C13H16FN5/c1-9-7-12(18-15)17-13(16-9)8-19(2)11-5-3-10(14)4-6-11/h3-7H,8,15H2,1-2H3,(H,16,17,18).